The van der Waals surface area contributed by atoms with Crippen LogP contribution in [0.2, 0.25) is 0 Å². The first-order chi connectivity index (χ1) is 11.1. The third-order valence-corrected chi connectivity index (χ3v) is 4.30. The van der Waals surface area contributed by atoms with E-state index in [4.69, 9.17) is 4.74 Å². The normalized spacial score (nSPS) is 11.9. The second-order valence-electron chi connectivity index (χ2n) is 6.18. The van der Waals surface area contributed by atoms with E-state index < -0.39 is 7.12 Å². The zero-order chi connectivity index (χ0) is 16.1. The van der Waals surface area contributed by atoms with E-state index in [-0.39, 0.29) is 6.10 Å². The highest BCUT2D eigenvalue weighted by molar-refractivity contribution is 6.62. The molecular weight excluding hydrogens is 287 g/mol. The topological polar surface area (TPSA) is 49.7 Å². The van der Waals surface area contributed by atoms with Gasteiger partial charge in [-0.1, -0.05) is 36.4 Å². The van der Waals surface area contributed by atoms with Gasteiger partial charge in [0.2, 0.25) is 0 Å². The van der Waals surface area contributed by atoms with Gasteiger partial charge in [-0.05, 0) is 64.5 Å². The molecule has 0 heterocycles. The Balaban J connectivity index is 1.98. The smallest absolute Gasteiger partial charge is 0.489 e. The van der Waals surface area contributed by atoms with Crippen molar-refractivity contribution in [2.45, 2.75) is 20.0 Å². The molecule has 0 atom stereocenters. The van der Waals surface area contributed by atoms with Gasteiger partial charge in [0.25, 0.3) is 0 Å². The quantitative estimate of drug-likeness (QED) is 0.572. The summed E-state index contributed by atoms with van der Waals surface area (Å²) in [6.07, 6.45) is 0.128. The molecule has 23 heavy (non-hydrogen) atoms. The van der Waals surface area contributed by atoms with Crippen LogP contribution in [-0.2, 0) is 0 Å². The molecule has 114 valence electrons. The summed E-state index contributed by atoms with van der Waals surface area (Å²) in [5.41, 5.74) is 5.08. The minimum absolute atomic E-state index is 0.128. The van der Waals surface area contributed by atoms with Crippen molar-refractivity contribution >= 4 is 23.4 Å². The third kappa shape index (κ3) is 2.14. The van der Waals surface area contributed by atoms with Gasteiger partial charge in [0, 0.05) is 0 Å². The van der Waals surface area contributed by atoms with E-state index >= 15 is 0 Å². The summed E-state index contributed by atoms with van der Waals surface area (Å²) >= 11 is 0. The minimum Gasteiger partial charge on any atom is -0.491 e. The van der Waals surface area contributed by atoms with E-state index in [1.165, 1.54) is 0 Å². The standard InChI is InChI=1S/C19H17BO3/c1-11(2)23-12-6-7-13-15-8-9-18(20(21)22)16-5-3-4-14(19(15)16)17(13)10-12/h3-11,21-22H,1-2H3. The number of fused-ring (bicyclic) bond motifs is 3. The number of ether oxygens (including phenoxy) is 1. The van der Waals surface area contributed by atoms with Gasteiger partial charge in [-0.3, -0.25) is 0 Å². The number of hydrogen-bond acceptors (Lipinski definition) is 3. The molecule has 0 saturated heterocycles. The maximum Gasteiger partial charge on any atom is 0.489 e. The zero-order valence-electron chi connectivity index (χ0n) is 13.1. The van der Waals surface area contributed by atoms with Crippen molar-refractivity contribution in [3.8, 4) is 28.0 Å². The Kier molecular flexibility index (Phi) is 3.18. The second kappa shape index (κ2) is 5.12. The summed E-state index contributed by atoms with van der Waals surface area (Å²) in [7, 11) is -1.47. The molecule has 1 aliphatic rings. The number of hydrogen-bond donors (Lipinski definition) is 2. The summed E-state index contributed by atoms with van der Waals surface area (Å²) in [5, 5.41) is 21.2. The van der Waals surface area contributed by atoms with Crippen LogP contribution in [0.3, 0.4) is 0 Å². The predicted molar refractivity (Wildman–Crippen MR) is 94.0 cm³/mol. The Morgan fingerprint density at radius 2 is 1.61 bits per heavy atom. The summed E-state index contributed by atoms with van der Waals surface area (Å²) < 4.78 is 5.82. The molecule has 4 heteroatoms. The van der Waals surface area contributed by atoms with E-state index in [0.29, 0.717) is 5.46 Å². The van der Waals surface area contributed by atoms with Gasteiger partial charge in [0.05, 0.1) is 6.10 Å². The fraction of sp³-hybridized carbons (Fsp3) is 0.158. The maximum atomic E-state index is 9.62. The lowest BCUT2D eigenvalue weighted by molar-refractivity contribution is 0.242. The molecule has 0 bridgehead atoms. The van der Waals surface area contributed by atoms with E-state index in [1.54, 1.807) is 6.07 Å². The third-order valence-electron chi connectivity index (χ3n) is 4.30. The van der Waals surface area contributed by atoms with E-state index in [1.807, 2.05) is 38.1 Å². The molecular formula is C19H17BO3. The van der Waals surface area contributed by atoms with Crippen LogP contribution in [0.5, 0.6) is 5.75 Å². The molecule has 4 rings (SSSR count). The van der Waals surface area contributed by atoms with Crippen molar-refractivity contribution in [1.82, 2.24) is 0 Å². The minimum atomic E-state index is -1.47. The Morgan fingerprint density at radius 3 is 2.35 bits per heavy atom. The monoisotopic (exact) mass is 304 g/mol. The lowest BCUT2D eigenvalue weighted by atomic mass is 9.76. The van der Waals surface area contributed by atoms with Crippen LogP contribution >= 0.6 is 0 Å². The van der Waals surface area contributed by atoms with Crippen molar-refractivity contribution in [2.24, 2.45) is 0 Å². The number of benzene rings is 3. The Morgan fingerprint density at radius 1 is 0.870 bits per heavy atom. The van der Waals surface area contributed by atoms with Gasteiger partial charge in [-0.25, -0.2) is 0 Å². The van der Waals surface area contributed by atoms with Crippen molar-refractivity contribution in [1.29, 1.82) is 0 Å². The Hall–Kier alpha value is -2.30. The van der Waals surface area contributed by atoms with Crippen molar-refractivity contribution < 1.29 is 14.8 Å². The van der Waals surface area contributed by atoms with Crippen LogP contribution < -0.4 is 10.2 Å². The van der Waals surface area contributed by atoms with Crippen LogP contribution in [0.15, 0.2) is 48.5 Å². The van der Waals surface area contributed by atoms with Gasteiger partial charge in [-0.15, -0.1) is 0 Å². The van der Waals surface area contributed by atoms with Gasteiger partial charge in [0.1, 0.15) is 5.75 Å². The van der Waals surface area contributed by atoms with Gasteiger partial charge < -0.3 is 14.8 Å². The molecule has 0 spiro atoms. The molecule has 3 aromatic carbocycles. The van der Waals surface area contributed by atoms with Crippen molar-refractivity contribution in [3.05, 3.63) is 48.5 Å². The first-order valence-electron chi connectivity index (χ1n) is 7.79. The molecule has 0 aliphatic heterocycles. The van der Waals surface area contributed by atoms with Crippen LogP contribution in [0.4, 0.5) is 0 Å². The van der Waals surface area contributed by atoms with Crippen molar-refractivity contribution in [2.75, 3.05) is 0 Å². The maximum absolute atomic E-state index is 9.62. The van der Waals surface area contributed by atoms with Gasteiger partial charge >= 0.3 is 7.12 Å². The molecule has 0 fully saturated rings. The fourth-order valence-corrected chi connectivity index (χ4v) is 3.43. The molecule has 0 unspecified atom stereocenters. The zero-order valence-corrected chi connectivity index (χ0v) is 13.1. The molecule has 3 aromatic rings. The largest absolute Gasteiger partial charge is 0.491 e. The lowest BCUT2D eigenvalue weighted by Gasteiger charge is -2.11. The molecule has 2 N–H and O–H groups in total. The van der Waals surface area contributed by atoms with Crippen LogP contribution in [-0.4, -0.2) is 23.3 Å². The first kappa shape index (κ1) is 14.3. The highest BCUT2D eigenvalue weighted by Crippen LogP contribution is 2.47. The summed E-state index contributed by atoms with van der Waals surface area (Å²) in [4.78, 5) is 0. The van der Waals surface area contributed by atoms with E-state index in [0.717, 1.165) is 38.8 Å². The van der Waals surface area contributed by atoms with E-state index in [9.17, 15) is 10.0 Å². The fourth-order valence-electron chi connectivity index (χ4n) is 3.43. The average molecular weight is 304 g/mol. The van der Waals surface area contributed by atoms with E-state index in [2.05, 4.69) is 18.2 Å². The van der Waals surface area contributed by atoms with Crippen LogP contribution in [0.25, 0.3) is 33.0 Å². The Labute approximate surface area is 135 Å². The number of rotatable bonds is 3. The van der Waals surface area contributed by atoms with Crippen LogP contribution in [0, 0.1) is 0 Å². The highest BCUT2D eigenvalue weighted by atomic mass is 16.5. The molecule has 1 aliphatic carbocycles. The molecule has 0 aromatic heterocycles. The summed E-state index contributed by atoms with van der Waals surface area (Å²) in [6.45, 7) is 4.02. The van der Waals surface area contributed by atoms with Crippen LogP contribution in [0.1, 0.15) is 13.8 Å². The highest BCUT2D eigenvalue weighted by Gasteiger charge is 2.25. The summed E-state index contributed by atoms with van der Waals surface area (Å²) in [6, 6.07) is 15.9. The lowest BCUT2D eigenvalue weighted by Crippen LogP contribution is -2.30. The molecule has 3 nitrogen and oxygen atoms in total. The molecule has 0 saturated carbocycles. The SMILES string of the molecule is CC(C)Oc1ccc2c(c1)-c1cccc3c(B(O)O)ccc-2c13. The first-order valence-corrected chi connectivity index (χ1v) is 7.79. The summed E-state index contributed by atoms with van der Waals surface area (Å²) in [5.74, 6) is 0.853. The van der Waals surface area contributed by atoms with Gasteiger partial charge in [-0.2, -0.15) is 0 Å². The second-order valence-corrected chi connectivity index (χ2v) is 6.18. The van der Waals surface area contributed by atoms with Gasteiger partial charge in [0.15, 0.2) is 0 Å². The van der Waals surface area contributed by atoms with Crippen molar-refractivity contribution in [3.63, 3.8) is 0 Å². The molecule has 0 amide bonds. The predicted octanol–water partition coefficient (Wildman–Crippen LogP) is 2.95. The molecule has 0 radical (unpaired) electrons. The average Bonchev–Trinajstić information content (AvgIpc) is 2.83. The Bertz CT molecular complexity index is 916.